The molecule has 0 amide bonds. The summed E-state index contributed by atoms with van der Waals surface area (Å²) in [6, 6.07) is 5.80. The fourth-order valence-electron chi connectivity index (χ4n) is 3.46. The molecule has 0 saturated carbocycles. The van der Waals surface area contributed by atoms with Crippen molar-refractivity contribution in [1.82, 2.24) is 8.61 Å². The second-order valence-corrected chi connectivity index (χ2v) is 10.4. The Morgan fingerprint density at radius 2 is 1.77 bits per heavy atom. The molecular weight excluding hydrogens is 380 g/mol. The zero-order valence-electron chi connectivity index (χ0n) is 14.9. The van der Waals surface area contributed by atoms with E-state index in [1.807, 2.05) is 0 Å². The second-order valence-electron chi connectivity index (χ2n) is 6.59. The van der Waals surface area contributed by atoms with Crippen molar-refractivity contribution in [1.29, 1.82) is 0 Å². The van der Waals surface area contributed by atoms with Crippen LogP contribution in [0.4, 0.5) is 0 Å². The van der Waals surface area contributed by atoms with Crippen molar-refractivity contribution in [3.63, 3.8) is 0 Å². The first kappa shape index (κ1) is 19.6. The first-order chi connectivity index (χ1) is 12.2. The summed E-state index contributed by atoms with van der Waals surface area (Å²) in [5.74, 6) is 0.461. The van der Waals surface area contributed by atoms with Gasteiger partial charge in [0.25, 0.3) is 0 Å². The molecule has 0 unspecified atom stereocenters. The van der Waals surface area contributed by atoms with Crippen LogP contribution in [0.3, 0.4) is 0 Å². The molecule has 2 heterocycles. The smallest absolute Gasteiger partial charge is 0.243 e. The summed E-state index contributed by atoms with van der Waals surface area (Å²) in [5, 5.41) is 0. The Kier molecular flexibility index (Phi) is 5.59. The molecule has 1 aromatic carbocycles. The van der Waals surface area contributed by atoms with Gasteiger partial charge in [0.05, 0.1) is 24.3 Å². The van der Waals surface area contributed by atoms with Gasteiger partial charge >= 0.3 is 0 Å². The zero-order chi connectivity index (χ0) is 18.9. The van der Waals surface area contributed by atoms with Crippen LogP contribution in [-0.2, 0) is 24.8 Å². The minimum absolute atomic E-state index is 0.134. The topological polar surface area (TPSA) is 93.2 Å². The number of rotatable bonds is 6. The number of ether oxygens (including phenoxy) is 2. The van der Waals surface area contributed by atoms with E-state index in [2.05, 4.69) is 0 Å². The normalized spacial score (nSPS) is 20.9. The Hall–Kier alpha value is -1.20. The van der Waals surface area contributed by atoms with Crippen LogP contribution in [0.1, 0.15) is 12.8 Å². The maximum absolute atomic E-state index is 12.8. The van der Waals surface area contributed by atoms with Crippen molar-refractivity contribution in [3.8, 4) is 5.75 Å². The Balaban J connectivity index is 1.75. The highest BCUT2D eigenvalue weighted by Crippen LogP contribution is 2.30. The van der Waals surface area contributed by atoms with Crippen molar-refractivity contribution in [3.05, 3.63) is 24.3 Å². The molecule has 0 aliphatic carbocycles. The average molecular weight is 405 g/mol. The first-order valence-corrected chi connectivity index (χ1v) is 11.7. The molecule has 0 bridgehead atoms. The van der Waals surface area contributed by atoms with Crippen LogP contribution in [0.5, 0.6) is 5.75 Å². The Bertz CT molecular complexity index is 843. The molecule has 0 atom stereocenters. The van der Waals surface area contributed by atoms with Gasteiger partial charge < -0.3 is 9.47 Å². The van der Waals surface area contributed by atoms with Crippen LogP contribution in [0.2, 0.25) is 0 Å². The third-order valence-electron chi connectivity index (χ3n) is 4.80. The Labute approximate surface area is 154 Å². The fourth-order valence-corrected chi connectivity index (χ4v) is 6.44. The Morgan fingerprint density at radius 3 is 2.35 bits per heavy atom. The second kappa shape index (κ2) is 7.43. The number of benzene rings is 1. The molecule has 0 spiro atoms. The minimum Gasteiger partial charge on any atom is -0.497 e. The van der Waals surface area contributed by atoms with Gasteiger partial charge in [0.2, 0.25) is 20.0 Å². The number of nitrogens with zero attached hydrogens (tertiary/aromatic N) is 2. The molecule has 26 heavy (non-hydrogen) atoms. The number of hydrogen-bond acceptors (Lipinski definition) is 6. The maximum atomic E-state index is 12.8. The molecule has 2 fully saturated rings. The fraction of sp³-hybridized carbons (Fsp3) is 0.625. The average Bonchev–Trinajstić information content (AvgIpc) is 2.57. The predicted octanol–water partition coefficient (Wildman–Crippen LogP) is 0.509. The highest BCUT2D eigenvalue weighted by Gasteiger charge is 2.45. The number of sulfonamides is 2. The molecule has 3 rings (SSSR count). The van der Waals surface area contributed by atoms with Crippen LogP contribution in [0, 0.1) is 0 Å². The van der Waals surface area contributed by atoms with E-state index in [9.17, 15) is 16.8 Å². The van der Waals surface area contributed by atoms with E-state index in [0.29, 0.717) is 31.8 Å². The van der Waals surface area contributed by atoms with Crippen LogP contribution >= 0.6 is 0 Å². The lowest BCUT2D eigenvalue weighted by atomic mass is 10.1. The van der Waals surface area contributed by atoms with Crippen LogP contribution in [-0.4, -0.2) is 77.2 Å². The van der Waals surface area contributed by atoms with Gasteiger partial charge in [-0.2, -0.15) is 8.61 Å². The summed E-state index contributed by atoms with van der Waals surface area (Å²) in [5.41, 5.74) is 0. The van der Waals surface area contributed by atoms with Crippen molar-refractivity contribution in [2.45, 2.75) is 29.8 Å². The molecule has 0 radical (unpaired) electrons. The lowest BCUT2D eigenvalue weighted by Gasteiger charge is -2.46. The van der Waals surface area contributed by atoms with Gasteiger partial charge in [0.15, 0.2) is 0 Å². The zero-order valence-corrected chi connectivity index (χ0v) is 16.5. The maximum Gasteiger partial charge on any atom is 0.243 e. The lowest BCUT2D eigenvalue weighted by molar-refractivity contribution is 0.0317. The third-order valence-corrected chi connectivity index (χ3v) is 7.99. The first-order valence-electron chi connectivity index (χ1n) is 8.44. The van der Waals surface area contributed by atoms with Gasteiger partial charge in [-0.05, 0) is 25.0 Å². The van der Waals surface area contributed by atoms with E-state index in [1.54, 1.807) is 12.1 Å². The van der Waals surface area contributed by atoms with Crippen LogP contribution in [0.25, 0.3) is 0 Å². The monoisotopic (exact) mass is 404 g/mol. The summed E-state index contributed by atoms with van der Waals surface area (Å²) in [7, 11) is -5.63. The number of methoxy groups -OCH3 is 1. The van der Waals surface area contributed by atoms with Gasteiger partial charge in [-0.25, -0.2) is 16.8 Å². The predicted molar refractivity (Wildman–Crippen MR) is 96.1 cm³/mol. The molecule has 0 N–H and O–H groups in total. The summed E-state index contributed by atoms with van der Waals surface area (Å²) < 4.78 is 63.2. The molecule has 2 aliphatic rings. The van der Waals surface area contributed by atoms with E-state index >= 15 is 0 Å². The van der Waals surface area contributed by atoms with E-state index in [1.165, 1.54) is 34.1 Å². The minimum atomic E-state index is -3.67. The molecule has 10 heteroatoms. The number of hydrogen-bond donors (Lipinski definition) is 0. The molecule has 0 aromatic heterocycles. The summed E-state index contributed by atoms with van der Waals surface area (Å²) in [6.45, 7) is 1.36. The molecular formula is C16H24N2O6S2. The standard InChI is InChI=1S/C16H24N2O6S2/c1-23-15-4-3-5-16(10-15)26(21,22)17-11-14(12-17)18(25(2,19)20)13-6-8-24-9-7-13/h3-5,10,13-14H,6-9,11-12H2,1-2H3. The van der Waals surface area contributed by atoms with Crippen LogP contribution in [0.15, 0.2) is 29.2 Å². The summed E-state index contributed by atoms with van der Waals surface area (Å²) in [4.78, 5) is 0.146. The van der Waals surface area contributed by atoms with E-state index in [0.717, 1.165) is 0 Å². The van der Waals surface area contributed by atoms with Gasteiger partial charge in [-0.15, -0.1) is 0 Å². The van der Waals surface area contributed by atoms with Gasteiger partial charge in [0.1, 0.15) is 5.75 Å². The lowest BCUT2D eigenvalue weighted by Crippen LogP contribution is -2.64. The van der Waals surface area contributed by atoms with Crippen molar-refractivity contribution in [2.24, 2.45) is 0 Å². The summed E-state index contributed by atoms with van der Waals surface area (Å²) in [6.07, 6.45) is 2.44. The molecule has 2 aliphatic heterocycles. The van der Waals surface area contributed by atoms with Gasteiger partial charge in [-0.1, -0.05) is 6.07 Å². The van der Waals surface area contributed by atoms with Gasteiger partial charge in [-0.3, -0.25) is 0 Å². The molecule has 146 valence electrons. The highest BCUT2D eigenvalue weighted by atomic mass is 32.2. The van der Waals surface area contributed by atoms with Crippen LogP contribution < -0.4 is 4.74 Å². The SMILES string of the molecule is COc1cccc(S(=O)(=O)N2CC(N(C3CCOCC3)S(C)(=O)=O)C2)c1. The largest absolute Gasteiger partial charge is 0.497 e. The molecule has 1 aromatic rings. The Morgan fingerprint density at radius 1 is 1.12 bits per heavy atom. The van der Waals surface area contributed by atoms with Crippen molar-refractivity contribution >= 4 is 20.0 Å². The molecule has 2 saturated heterocycles. The van der Waals surface area contributed by atoms with Crippen molar-refractivity contribution < 1.29 is 26.3 Å². The van der Waals surface area contributed by atoms with E-state index < -0.39 is 20.0 Å². The van der Waals surface area contributed by atoms with E-state index in [-0.39, 0.29) is 30.1 Å². The van der Waals surface area contributed by atoms with Gasteiger partial charge in [0, 0.05) is 38.4 Å². The highest BCUT2D eigenvalue weighted by molar-refractivity contribution is 7.89. The molecule has 8 nitrogen and oxygen atoms in total. The third kappa shape index (κ3) is 3.89. The van der Waals surface area contributed by atoms with E-state index in [4.69, 9.17) is 9.47 Å². The quantitative estimate of drug-likeness (QED) is 0.686. The van der Waals surface area contributed by atoms with Crippen molar-refractivity contribution in [2.75, 3.05) is 39.7 Å². The summed E-state index contributed by atoms with van der Waals surface area (Å²) >= 11 is 0.